The number of aromatic nitrogens is 1. The van der Waals surface area contributed by atoms with Gasteiger partial charge in [-0.25, -0.2) is 0 Å². The molecule has 0 unspecified atom stereocenters. The summed E-state index contributed by atoms with van der Waals surface area (Å²) in [4.78, 5) is 66.7. The molecule has 2 amide bonds. The molecule has 43 heavy (non-hydrogen) atoms. The van der Waals surface area contributed by atoms with Gasteiger partial charge in [0.25, 0.3) is 5.91 Å². The zero-order valence-electron chi connectivity index (χ0n) is 24.8. The maximum Gasteiger partial charge on any atom is 0.289 e. The first kappa shape index (κ1) is 30.4. The molecular formula is C35H41N3O5. The van der Waals surface area contributed by atoms with Crippen LogP contribution in [-0.4, -0.2) is 45.8 Å². The number of nitrogens with one attached hydrogen (secondary N) is 2. The SMILES string of the molecule is Cn1c(C(=O)C[C@@H](Cc2ccccc2)C(=O)N[C@@H](C[C@@H]2CCCC2=O)C(=O)C(=O)NC2CCCCC2)cc2ccccc21. The molecule has 2 aliphatic rings. The van der Waals surface area contributed by atoms with Gasteiger partial charge in [-0.15, -0.1) is 0 Å². The van der Waals surface area contributed by atoms with Crippen LogP contribution in [0.5, 0.6) is 0 Å². The van der Waals surface area contributed by atoms with Gasteiger partial charge in [-0.3, -0.25) is 24.0 Å². The van der Waals surface area contributed by atoms with Crippen molar-refractivity contribution >= 4 is 40.1 Å². The molecule has 8 nitrogen and oxygen atoms in total. The van der Waals surface area contributed by atoms with Crippen LogP contribution in [0.3, 0.4) is 0 Å². The molecule has 2 aliphatic carbocycles. The number of amides is 2. The average Bonchev–Trinajstić information content (AvgIpc) is 3.59. The van der Waals surface area contributed by atoms with E-state index >= 15 is 0 Å². The molecule has 2 saturated carbocycles. The largest absolute Gasteiger partial charge is 0.347 e. The Hall–Kier alpha value is -4.07. The lowest BCUT2D eigenvalue weighted by Gasteiger charge is -2.26. The third-order valence-electron chi connectivity index (χ3n) is 9.11. The highest BCUT2D eigenvalue weighted by atomic mass is 16.2. The fourth-order valence-electron chi connectivity index (χ4n) is 6.65. The lowest BCUT2D eigenvalue weighted by atomic mass is 9.90. The van der Waals surface area contributed by atoms with E-state index in [9.17, 15) is 24.0 Å². The van der Waals surface area contributed by atoms with Crippen molar-refractivity contribution in [2.24, 2.45) is 18.9 Å². The third-order valence-corrected chi connectivity index (χ3v) is 9.11. The molecule has 1 aromatic heterocycles. The van der Waals surface area contributed by atoms with Crippen molar-refractivity contribution in [3.05, 3.63) is 71.9 Å². The van der Waals surface area contributed by atoms with Gasteiger partial charge in [0.2, 0.25) is 11.7 Å². The molecule has 0 aliphatic heterocycles. The molecule has 3 aromatic rings. The van der Waals surface area contributed by atoms with Crippen LogP contribution >= 0.6 is 0 Å². The van der Waals surface area contributed by atoms with Crippen LogP contribution in [0, 0.1) is 11.8 Å². The van der Waals surface area contributed by atoms with Gasteiger partial charge in [0.05, 0.1) is 11.7 Å². The minimum Gasteiger partial charge on any atom is -0.347 e. The van der Waals surface area contributed by atoms with Crippen LogP contribution in [-0.2, 0) is 32.6 Å². The Morgan fingerprint density at radius 3 is 2.33 bits per heavy atom. The highest BCUT2D eigenvalue weighted by Crippen LogP contribution is 2.27. The van der Waals surface area contributed by atoms with E-state index in [2.05, 4.69) is 10.6 Å². The zero-order chi connectivity index (χ0) is 30.3. The second kappa shape index (κ2) is 13.9. The summed E-state index contributed by atoms with van der Waals surface area (Å²) in [7, 11) is 1.83. The van der Waals surface area contributed by atoms with E-state index < -0.39 is 29.6 Å². The minimum atomic E-state index is -1.13. The molecule has 2 aromatic carbocycles. The molecule has 226 valence electrons. The summed E-state index contributed by atoms with van der Waals surface area (Å²) < 4.78 is 1.84. The highest BCUT2D eigenvalue weighted by molar-refractivity contribution is 6.38. The number of ketones is 3. The fourth-order valence-corrected chi connectivity index (χ4v) is 6.65. The number of hydrogen-bond acceptors (Lipinski definition) is 5. The minimum absolute atomic E-state index is 0.0566. The molecule has 0 radical (unpaired) electrons. The van der Waals surface area contributed by atoms with Crippen LogP contribution in [0.4, 0.5) is 0 Å². The molecule has 5 rings (SSSR count). The predicted molar refractivity (Wildman–Crippen MR) is 164 cm³/mol. The number of carbonyl (C=O) groups is 5. The van der Waals surface area contributed by atoms with Crippen molar-refractivity contribution < 1.29 is 24.0 Å². The van der Waals surface area contributed by atoms with Gasteiger partial charge in [0.1, 0.15) is 5.78 Å². The Labute approximate surface area is 252 Å². The highest BCUT2D eigenvalue weighted by Gasteiger charge is 2.36. The average molecular weight is 584 g/mol. The summed E-state index contributed by atoms with van der Waals surface area (Å²) in [6.07, 6.45) is 6.91. The predicted octanol–water partition coefficient (Wildman–Crippen LogP) is 4.87. The van der Waals surface area contributed by atoms with Crippen LogP contribution < -0.4 is 10.6 Å². The number of para-hydroxylation sites is 1. The van der Waals surface area contributed by atoms with Crippen LogP contribution in [0.2, 0.25) is 0 Å². The lowest BCUT2D eigenvalue weighted by Crippen LogP contribution is -2.52. The van der Waals surface area contributed by atoms with Gasteiger partial charge in [-0.05, 0) is 56.2 Å². The lowest BCUT2D eigenvalue weighted by molar-refractivity contribution is -0.141. The molecule has 0 saturated heterocycles. The standard InChI is InChI=1S/C35H41N3O5/c1-38-29-17-9-8-13-24(29)21-30(38)32(40)22-26(19-23-11-4-2-5-12-23)34(42)37-28(20-25-14-10-18-31(25)39)33(41)35(43)36-27-15-6-3-7-16-27/h2,4-5,8-9,11-13,17,21,25-28H,3,6-7,10,14-16,18-20,22H2,1H3,(H,36,43)(H,37,42)/t25-,26+,28-/m0/s1. The van der Waals surface area contributed by atoms with Gasteiger partial charge in [0.15, 0.2) is 5.78 Å². The van der Waals surface area contributed by atoms with Crippen LogP contribution in [0.25, 0.3) is 10.9 Å². The summed E-state index contributed by atoms with van der Waals surface area (Å²) in [6.45, 7) is 0. The first-order chi connectivity index (χ1) is 20.8. The number of Topliss-reactive ketones (excluding diaryl/α,β-unsaturated/α-hetero) is 3. The van der Waals surface area contributed by atoms with Gasteiger partial charge in [0, 0.05) is 48.7 Å². The summed E-state index contributed by atoms with van der Waals surface area (Å²) >= 11 is 0. The quantitative estimate of drug-likeness (QED) is 0.233. The first-order valence-electron chi connectivity index (χ1n) is 15.6. The maximum absolute atomic E-state index is 13.9. The molecule has 2 N–H and O–H groups in total. The second-order valence-corrected chi connectivity index (χ2v) is 12.2. The number of carbonyl (C=O) groups excluding carboxylic acids is 5. The van der Waals surface area contributed by atoms with Crippen molar-refractivity contribution in [1.82, 2.24) is 15.2 Å². The molecule has 2 fully saturated rings. The van der Waals surface area contributed by atoms with Crippen molar-refractivity contribution in [2.45, 2.75) is 82.7 Å². The van der Waals surface area contributed by atoms with E-state index in [-0.39, 0.29) is 36.4 Å². The van der Waals surface area contributed by atoms with Gasteiger partial charge >= 0.3 is 0 Å². The van der Waals surface area contributed by atoms with Crippen molar-refractivity contribution in [1.29, 1.82) is 0 Å². The van der Waals surface area contributed by atoms with Crippen molar-refractivity contribution in [3.63, 3.8) is 0 Å². The van der Waals surface area contributed by atoms with E-state index in [0.717, 1.165) is 55.0 Å². The van der Waals surface area contributed by atoms with E-state index in [4.69, 9.17) is 0 Å². The summed E-state index contributed by atoms with van der Waals surface area (Å²) in [5, 5.41) is 6.65. The van der Waals surface area contributed by atoms with E-state index in [1.165, 1.54) is 0 Å². The molecule has 0 spiro atoms. The number of fused-ring (bicyclic) bond motifs is 1. The Morgan fingerprint density at radius 1 is 0.907 bits per heavy atom. The number of nitrogens with zero attached hydrogens (tertiary/aromatic N) is 1. The summed E-state index contributed by atoms with van der Waals surface area (Å²) in [5.74, 6) is -3.17. The number of hydrogen-bond donors (Lipinski definition) is 2. The third kappa shape index (κ3) is 7.48. The maximum atomic E-state index is 13.9. The van der Waals surface area contributed by atoms with Gasteiger partial charge in [-0.1, -0.05) is 67.8 Å². The number of aryl methyl sites for hydroxylation is 1. The van der Waals surface area contributed by atoms with Crippen molar-refractivity contribution in [2.75, 3.05) is 0 Å². The van der Waals surface area contributed by atoms with E-state index in [0.29, 0.717) is 25.0 Å². The zero-order valence-corrected chi connectivity index (χ0v) is 24.8. The van der Waals surface area contributed by atoms with Gasteiger partial charge < -0.3 is 15.2 Å². The molecule has 3 atom stereocenters. The topological polar surface area (TPSA) is 114 Å². The van der Waals surface area contributed by atoms with Crippen molar-refractivity contribution in [3.8, 4) is 0 Å². The smallest absolute Gasteiger partial charge is 0.289 e. The Balaban J connectivity index is 1.36. The second-order valence-electron chi connectivity index (χ2n) is 12.2. The first-order valence-corrected chi connectivity index (χ1v) is 15.6. The van der Waals surface area contributed by atoms with Crippen LogP contribution in [0.1, 0.15) is 80.3 Å². The number of rotatable bonds is 12. The molecule has 1 heterocycles. The molecule has 0 bridgehead atoms. The number of benzene rings is 2. The molecule has 8 heteroatoms. The molecular weight excluding hydrogens is 542 g/mol. The fraction of sp³-hybridized carbons (Fsp3) is 0.457. The monoisotopic (exact) mass is 583 g/mol. The van der Waals surface area contributed by atoms with Crippen LogP contribution in [0.15, 0.2) is 60.7 Å². The normalized spacial score (nSPS) is 18.7. The Kier molecular flexibility index (Phi) is 9.85. The Bertz CT molecular complexity index is 1490. The summed E-state index contributed by atoms with van der Waals surface area (Å²) in [5.41, 5.74) is 2.31. The Morgan fingerprint density at radius 2 is 1.63 bits per heavy atom. The van der Waals surface area contributed by atoms with E-state index in [1.54, 1.807) is 0 Å². The summed E-state index contributed by atoms with van der Waals surface area (Å²) in [6, 6.07) is 17.8. The van der Waals surface area contributed by atoms with E-state index in [1.807, 2.05) is 72.3 Å². The van der Waals surface area contributed by atoms with Gasteiger partial charge in [-0.2, -0.15) is 0 Å².